The number of benzene rings is 1. The predicted octanol–water partition coefficient (Wildman–Crippen LogP) is 3.78. The first-order chi connectivity index (χ1) is 13.6. The van der Waals surface area contributed by atoms with Crippen molar-refractivity contribution in [1.29, 1.82) is 0 Å². The van der Waals surface area contributed by atoms with Gasteiger partial charge in [0.1, 0.15) is 18.4 Å². The van der Waals surface area contributed by atoms with Gasteiger partial charge in [0.2, 0.25) is 5.89 Å². The maximum atomic E-state index is 5.49. The molecule has 162 valence electrons. The Morgan fingerprint density at radius 3 is 2.55 bits per heavy atom. The zero-order valence-corrected chi connectivity index (χ0v) is 20.2. The molecule has 1 atom stereocenters. The Balaban J connectivity index is 0.00000420. The molecule has 8 nitrogen and oxygen atoms in total. The van der Waals surface area contributed by atoms with E-state index in [2.05, 4.69) is 37.5 Å². The van der Waals surface area contributed by atoms with Crippen molar-refractivity contribution in [2.24, 2.45) is 4.99 Å². The molecule has 0 fully saturated rings. The molecule has 0 bridgehead atoms. The van der Waals surface area contributed by atoms with Gasteiger partial charge in [-0.3, -0.25) is 0 Å². The third-order valence-corrected chi connectivity index (χ3v) is 3.98. The van der Waals surface area contributed by atoms with Crippen LogP contribution in [0.2, 0.25) is 0 Å². The molecule has 1 unspecified atom stereocenters. The van der Waals surface area contributed by atoms with E-state index in [-0.39, 0.29) is 30.1 Å². The zero-order valence-electron chi connectivity index (χ0n) is 17.8. The number of hydrogen-bond donors (Lipinski definition) is 1. The van der Waals surface area contributed by atoms with Gasteiger partial charge in [-0.1, -0.05) is 17.3 Å². The summed E-state index contributed by atoms with van der Waals surface area (Å²) >= 11 is 0. The summed E-state index contributed by atoms with van der Waals surface area (Å²) in [7, 11) is 1.99. The Labute approximate surface area is 190 Å². The highest BCUT2D eigenvalue weighted by Crippen LogP contribution is 2.14. The number of rotatable bonds is 10. The minimum Gasteiger partial charge on any atom is -0.494 e. The van der Waals surface area contributed by atoms with Gasteiger partial charge in [-0.05, 0) is 45.4 Å². The monoisotopic (exact) mass is 517 g/mol. The summed E-state index contributed by atoms with van der Waals surface area (Å²) in [4.78, 5) is 11.0. The molecule has 0 spiro atoms. The van der Waals surface area contributed by atoms with E-state index in [1.165, 1.54) is 5.56 Å². The van der Waals surface area contributed by atoms with Crippen molar-refractivity contribution in [1.82, 2.24) is 20.4 Å². The van der Waals surface area contributed by atoms with Gasteiger partial charge in [-0.15, -0.1) is 24.0 Å². The number of ether oxygens (including phenoxy) is 2. The number of hydrogen-bond acceptors (Lipinski definition) is 6. The average molecular weight is 517 g/mol. The number of aromatic nitrogens is 2. The van der Waals surface area contributed by atoms with Gasteiger partial charge < -0.3 is 24.2 Å². The normalized spacial score (nSPS) is 12.2. The van der Waals surface area contributed by atoms with Gasteiger partial charge in [-0.2, -0.15) is 4.98 Å². The van der Waals surface area contributed by atoms with Crippen LogP contribution in [0, 0.1) is 0 Å². The van der Waals surface area contributed by atoms with E-state index in [9.17, 15) is 0 Å². The molecule has 0 saturated heterocycles. The first-order valence-electron chi connectivity index (χ1n) is 9.72. The van der Waals surface area contributed by atoms with Gasteiger partial charge in [0.05, 0.1) is 6.61 Å². The van der Waals surface area contributed by atoms with Gasteiger partial charge in [0, 0.05) is 26.7 Å². The van der Waals surface area contributed by atoms with Crippen LogP contribution < -0.4 is 10.1 Å². The molecule has 0 amide bonds. The molecular formula is C20H32IN5O3. The molecule has 29 heavy (non-hydrogen) atoms. The van der Waals surface area contributed by atoms with Crippen molar-refractivity contribution in [3.63, 3.8) is 0 Å². The van der Waals surface area contributed by atoms with Crippen molar-refractivity contribution in [3.8, 4) is 5.75 Å². The molecule has 2 aromatic rings. The highest BCUT2D eigenvalue weighted by Gasteiger charge is 2.14. The molecule has 0 aliphatic rings. The largest absolute Gasteiger partial charge is 0.494 e. The van der Waals surface area contributed by atoms with Crippen molar-refractivity contribution < 1.29 is 14.0 Å². The lowest BCUT2D eigenvalue weighted by atomic mass is 10.2. The third kappa shape index (κ3) is 8.17. The highest BCUT2D eigenvalue weighted by molar-refractivity contribution is 14.0. The van der Waals surface area contributed by atoms with Crippen LogP contribution in [0.4, 0.5) is 0 Å². The topological polar surface area (TPSA) is 85.0 Å². The minimum atomic E-state index is -0.193. The summed E-state index contributed by atoms with van der Waals surface area (Å²) in [5.41, 5.74) is 1.17. The van der Waals surface area contributed by atoms with Crippen LogP contribution in [0.3, 0.4) is 0 Å². The summed E-state index contributed by atoms with van der Waals surface area (Å²) in [6, 6.07) is 8.08. The fourth-order valence-electron chi connectivity index (χ4n) is 2.64. The van der Waals surface area contributed by atoms with Crippen LogP contribution >= 0.6 is 24.0 Å². The van der Waals surface area contributed by atoms with E-state index < -0.39 is 0 Å². The second-order valence-electron chi connectivity index (χ2n) is 6.25. The van der Waals surface area contributed by atoms with E-state index in [0.717, 1.165) is 18.3 Å². The Bertz CT molecular complexity index is 736. The van der Waals surface area contributed by atoms with Gasteiger partial charge in [0.25, 0.3) is 0 Å². The van der Waals surface area contributed by atoms with Crippen molar-refractivity contribution in [2.75, 3.05) is 26.8 Å². The maximum absolute atomic E-state index is 5.49. The molecule has 1 heterocycles. The number of nitrogens with one attached hydrogen (secondary N) is 1. The summed E-state index contributed by atoms with van der Waals surface area (Å²) in [5, 5.41) is 7.26. The molecular weight excluding hydrogens is 485 g/mol. The zero-order chi connectivity index (χ0) is 20.4. The van der Waals surface area contributed by atoms with Crippen LogP contribution in [-0.2, 0) is 17.8 Å². The molecule has 9 heteroatoms. The van der Waals surface area contributed by atoms with Gasteiger partial charge in [-0.25, -0.2) is 4.99 Å². The minimum absolute atomic E-state index is 0. The molecule has 1 aromatic carbocycles. The number of halogens is 1. The molecule has 0 saturated carbocycles. The Hall–Kier alpha value is -1.88. The van der Waals surface area contributed by atoms with Crippen LogP contribution in [0.5, 0.6) is 5.75 Å². The van der Waals surface area contributed by atoms with Gasteiger partial charge in [0.15, 0.2) is 11.8 Å². The second kappa shape index (κ2) is 13.4. The highest BCUT2D eigenvalue weighted by atomic mass is 127. The molecule has 0 radical (unpaired) electrons. The lowest BCUT2D eigenvalue weighted by Crippen LogP contribution is -2.38. The number of guanidine groups is 1. The van der Waals surface area contributed by atoms with E-state index in [0.29, 0.717) is 38.0 Å². The first kappa shape index (κ1) is 25.2. The van der Waals surface area contributed by atoms with E-state index in [4.69, 9.17) is 14.0 Å². The van der Waals surface area contributed by atoms with Crippen LogP contribution in [0.25, 0.3) is 0 Å². The number of aliphatic imine (C=N–C) groups is 1. The van der Waals surface area contributed by atoms with Gasteiger partial charge >= 0.3 is 0 Å². The number of nitrogens with zero attached hydrogens (tertiary/aromatic N) is 4. The molecule has 0 aliphatic carbocycles. The second-order valence-corrected chi connectivity index (χ2v) is 6.25. The lowest BCUT2D eigenvalue weighted by Gasteiger charge is -2.22. The SMILES string of the molecule is CCNC(=NCc1nc(C(C)OCC)no1)N(C)Cc1ccc(OCC)cc1.I. The lowest BCUT2D eigenvalue weighted by molar-refractivity contribution is 0.0683. The summed E-state index contributed by atoms with van der Waals surface area (Å²) in [5.74, 6) is 2.66. The smallest absolute Gasteiger partial charge is 0.248 e. The predicted molar refractivity (Wildman–Crippen MR) is 124 cm³/mol. The summed E-state index contributed by atoms with van der Waals surface area (Å²) < 4.78 is 16.3. The molecule has 2 rings (SSSR count). The van der Waals surface area contributed by atoms with E-state index in [1.807, 2.05) is 46.9 Å². The van der Waals surface area contributed by atoms with E-state index in [1.54, 1.807) is 0 Å². The molecule has 0 aliphatic heterocycles. The van der Waals surface area contributed by atoms with E-state index >= 15 is 0 Å². The Kier molecular flexibility index (Phi) is 11.6. The van der Waals surface area contributed by atoms with Crippen molar-refractivity contribution >= 4 is 29.9 Å². The Morgan fingerprint density at radius 1 is 1.21 bits per heavy atom. The fraction of sp³-hybridized carbons (Fsp3) is 0.550. The Morgan fingerprint density at radius 2 is 1.93 bits per heavy atom. The summed E-state index contributed by atoms with van der Waals surface area (Å²) in [6.07, 6.45) is -0.193. The van der Waals surface area contributed by atoms with Crippen LogP contribution in [-0.4, -0.2) is 47.8 Å². The van der Waals surface area contributed by atoms with Crippen LogP contribution in [0.1, 0.15) is 51.1 Å². The molecule has 1 aromatic heterocycles. The van der Waals surface area contributed by atoms with Crippen LogP contribution in [0.15, 0.2) is 33.8 Å². The quantitative estimate of drug-likeness (QED) is 0.292. The maximum Gasteiger partial charge on any atom is 0.248 e. The standard InChI is InChI=1S/C20H31N5O3.HI/c1-6-21-20(22-13-18-23-19(24-28-18)15(4)26-7-2)25(5)14-16-9-11-17(12-10-16)27-8-3;/h9-12,15H,6-8,13-14H2,1-5H3,(H,21,22);1H. The van der Waals surface area contributed by atoms with Crippen molar-refractivity contribution in [2.45, 2.75) is 46.9 Å². The fourth-order valence-corrected chi connectivity index (χ4v) is 2.64. The van der Waals surface area contributed by atoms with Crippen molar-refractivity contribution in [3.05, 3.63) is 41.5 Å². The first-order valence-corrected chi connectivity index (χ1v) is 9.72. The third-order valence-electron chi connectivity index (χ3n) is 3.98. The summed E-state index contributed by atoms with van der Waals surface area (Å²) in [6.45, 7) is 10.9. The molecule has 1 N–H and O–H groups in total. The average Bonchev–Trinajstić information content (AvgIpc) is 3.16.